The van der Waals surface area contributed by atoms with Gasteiger partial charge in [-0.3, -0.25) is 4.90 Å². The molecule has 0 aromatic carbocycles. The second-order valence-electron chi connectivity index (χ2n) is 4.69. The van der Waals surface area contributed by atoms with Crippen LogP contribution < -0.4 is 0 Å². The predicted octanol–water partition coefficient (Wildman–Crippen LogP) is 3.13. The molecule has 2 rings (SSSR count). The van der Waals surface area contributed by atoms with E-state index < -0.39 is 0 Å². The van der Waals surface area contributed by atoms with Crippen molar-refractivity contribution in [1.82, 2.24) is 9.88 Å². The van der Waals surface area contributed by atoms with Gasteiger partial charge >= 0.3 is 0 Å². The van der Waals surface area contributed by atoms with Crippen LogP contribution in [0.4, 0.5) is 0 Å². The summed E-state index contributed by atoms with van der Waals surface area (Å²) in [4.78, 5) is 6.68. The molecule has 1 atom stereocenters. The summed E-state index contributed by atoms with van der Waals surface area (Å²) in [6, 6.07) is 4.04. The second kappa shape index (κ2) is 6.71. The number of hydrogen-bond acceptors (Lipinski definition) is 3. The fourth-order valence-electron chi connectivity index (χ4n) is 2.52. The standard InChI is InChI=1S/C13H18Cl2N2O/c14-11-5-6-13(15)16-12(11)9-17-7-1-3-10(17)4-2-8-18/h5-6,10,18H,1-4,7-9H2. The fraction of sp³-hybridized carbons (Fsp3) is 0.615. The summed E-state index contributed by atoms with van der Waals surface area (Å²) in [6.45, 7) is 2.08. The third-order valence-electron chi connectivity index (χ3n) is 3.43. The number of hydrogen-bond donors (Lipinski definition) is 1. The molecule has 1 aliphatic rings. The quantitative estimate of drug-likeness (QED) is 0.846. The summed E-state index contributed by atoms with van der Waals surface area (Å²) < 4.78 is 0. The van der Waals surface area contributed by atoms with Crippen LogP contribution in [-0.4, -0.2) is 34.2 Å². The molecule has 1 fully saturated rings. The van der Waals surface area contributed by atoms with Crippen LogP contribution in [0.5, 0.6) is 0 Å². The van der Waals surface area contributed by atoms with E-state index in [1.165, 1.54) is 12.8 Å². The van der Waals surface area contributed by atoms with E-state index in [4.69, 9.17) is 28.3 Å². The zero-order valence-corrected chi connectivity index (χ0v) is 11.8. The molecule has 1 aromatic rings. The maximum atomic E-state index is 8.91. The minimum absolute atomic E-state index is 0.264. The lowest BCUT2D eigenvalue weighted by molar-refractivity contribution is 0.208. The topological polar surface area (TPSA) is 36.4 Å². The van der Waals surface area contributed by atoms with Crippen LogP contribution in [0.25, 0.3) is 0 Å². The maximum absolute atomic E-state index is 8.91. The zero-order chi connectivity index (χ0) is 13.0. The van der Waals surface area contributed by atoms with E-state index in [-0.39, 0.29) is 6.61 Å². The molecule has 1 N–H and O–H groups in total. The van der Waals surface area contributed by atoms with Crippen molar-refractivity contribution < 1.29 is 5.11 Å². The van der Waals surface area contributed by atoms with Gasteiger partial charge in [0.25, 0.3) is 0 Å². The number of pyridine rings is 1. The fourth-order valence-corrected chi connectivity index (χ4v) is 2.85. The van der Waals surface area contributed by atoms with Gasteiger partial charge in [0.1, 0.15) is 5.15 Å². The first-order valence-electron chi connectivity index (χ1n) is 6.36. The van der Waals surface area contributed by atoms with Crippen LogP contribution in [0, 0.1) is 0 Å². The molecule has 1 aliphatic heterocycles. The Labute approximate surface area is 118 Å². The van der Waals surface area contributed by atoms with E-state index in [1.807, 2.05) is 0 Å². The average Bonchev–Trinajstić information content (AvgIpc) is 2.79. The van der Waals surface area contributed by atoms with E-state index in [9.17, 15) is 0 Å². The van der Waals surface area contributed by atoms with Crippen LogP contribution in [0.1, 0.15) is 31.4 Å². The van der Waals surface area contributed by atoms with Crippen LogP contribution in [0.3, 0.4) is 0 Å². The first kappa shape index (κ1) is 14.1. The van der Waals surface area contributed by atoms with Crippen molar-refractivity contribution in [1.29, 1.82) is 0 Å². The average molecular weight is 289 g/mol. The van der Waals surface area contributed by atoms with Crippen molar-refractivity contribution in [3.63, 3.8) is 0 Å². The first-order valence-corrected chi connectivity index (χ1v) is 7.12. The van der Waals surface area contributed by atoms with Crippen molar-refractivity contribution in [2.24, 2.45) is 0 Å². The van der Waals surface area contributed by atoms with Crippen molar-refractivity contribution in [3.8, 4) is 0 Å². The summed E-state index contributed by atoms with van der Waals surface area (Å²) in [6.07, 6.45) is 4.29. The van der Waals surface area contributed by atoms with E-state index in [1.54, 1.807) is 12.1 Å². The molecular formula is C13H18Cl2N2O. The zero-order valence-electron chi connectivity index (χ0n) is 10.3. The lowest BCUT2D eigenvalue weighted by atomic mass is 10.1. The molecule has 0 saturated carbocycles. The molecular weight excluding hydrogens is 271 g/mol. The molecule has 0 bridgehead atoms. The molecule has 1 aromatic heterocycles. The molecule has 0 amide bonds. The molecule has 2 heterocycles. The van der Waals surface area contributed by atoms with Gasteiger partial charge in [0.2, 0.25) is 0 Å². The number of likely N-dealkylation sites (tertiary alicyclic amines) is 1. The summed E-state index contributed by atoms with van der Waals surface area (Å²) in [7, 11) is 0. The molecule has 18 heavy (non-hydrogen) atoms. The van der Waals surface area contributed by atoms with Crippen LogP contribution in [-0.2, 0) is 6.54 Å². The van der Waals surface area contributed by atoms with Gasteiger partial charge < -0.3 is 5.11 Å². The van der Waals surface area contributed by atoms with Crippen LogP contribution >= 0.6 is 23.2 Å². The summed E-state index contributed by atoms with van der Waals surface area (Å²) in [5.74, 6) is 0. The van der Waals surface area contributed by atoms with Gasteiger partial charge in [-0.25, -0.2) is 4.98 Å². The van der Waals surface area contributed by atoms with Crippen molar-refractivity contribution >= 4 is 23.2 Å². The van der Waals surface area contributed by atoms with Gasteiger partial charge in [0.15, 0.2) is 0 Å². The molecule has 0 spiro atoms. The van der Waals surface area contributed by atoms with Gasteiger partial charge in [0, 0.05) is 19.2 Å². The number of aromatic nitrogens is 1. The summed E-state index contributed by atoms with van der Waals surface area (Å²) in [5.41, 5.74) is 0.847. The molecule has 100 valence electrons. The Morgan fingerprint density at radius 1 is 1.39 bits per heavy atom. The minimum atomic E-state index is 0.264. The van der Waals surface area contributed by atoms with Gasteiger partial charge in [-0.15, -0.1) is 0 Å². The summed E-state index contributed by atoms with van der Waals surface area (Å²) >= 11 is 12.0. The third kappa shape index (κ3) is 3.58. The molecule has 5 heteroatoms. The number of halogens is 2. The Kier molecular flexibility index (Phi) is 5.25. The largest absolute Gasteiger partial charge is 0.396 e. The Balaban J connectivity index is 2.01. The van der Waals surface area contributed by atoms with Gasteiger partial charge in [-0.2, -0.15) is 0 Å². The van der Waals surface area contributed by atoms with E-state index in [0.29, 0.717) is 16.2 Å². The lowest BCUT2D eigenvalue weighted by Crippen LogP contribution is -2.29. The van der Waals surface area contributed by atoms with Gasteiger partial charge in [-0.05, 0) is 44.4 Å². The number of nitrogens with zero attached hydrogens (tertiary/aromatic N) is 2. The first-order chi connectivity index (χ1) is 8.70. The predicted molar refractivity (Wildman–Crippen MR) is 74.0 cm³/mol. The molecule has 0 radical (unpaired) electrons. The number of aliphatic hydroxyl groups is 1. The maximum Gasteiger partial charge on any atom is 0.129 e. The number of rotatable bonds is 5. The Morgan fingerprint density at radius 2 is 2.22 bits per heavy atom. The van der Waals surface area contributed by atoms with Gasteiger partial charge in [-0.1, -0.05) is 23.2 Å². The minimum Gasteiger partial charge on any atom is -0.396 e. The number of aliphatic hydroxyl groups excluding tert-OH is 1. The SMILES string of the molecule is OCCCC1CCCN1Cc1nc(Cl)ccc1Cl. The van der Waals surface area contributed by atoms with E-state index in [2.05, 4.69) is 9.88 Å². The normalized spacial score (nSPS) is 20.5. The summed E-state index contributed by atoms with van der Waals surface area (Å²) in [5, 5.41) is 10.1. The Hall–Kier alpha value is -0.350. The second-order valence-corrected chi connectivity index (χ2v) is 5.49. The van der Waals surface area contributed by atoms with Crippen LogP contribution in [0.2, 0.25) is 10.2 Å². The molecule has 1 saturated heterocycles. The van der Waals surface area contributed by atoms with E-state index >= 15 is 0 Å². The Bertz CT molecular complexity index is 401. The highest BCUT2D eigenvalue weighted by Gasteiger charge is 2.24. The monoisotopic (exact) mass is 288 g/mol. The van der Waals surface area contributed by atoms with Crippen LogP contribution in [0.15, 0.2) is 12.1 Å². The van der Waals surface area contributed by atoms with Gasteiger partial charge in [0.05, 0.1) is 10.7 Å². The molecule has 0 aliphatic carbocycles. The highest BCUT2D eigenvalue weighted by Crippen LogP contribution is 2.26. The Morgan fingerprint density at radius 3 is 3.00 bits per heavy atom. The van der Waals surface area contributed by atoms with Crippen molar-refractivity contribution in [2.75, 3.05) is 13.2 Å². The smallest absolute Gasteiger partial charge is 0.129 e. The molecule has 3 nitrogen and oxygen atoms in total. The molecule has 1 unspecified atom stereocenters. The highest BCUT2D eigenvalue weighted by molar-refractivity contribution is 6.32. The van der Waals surface area contributed by atoms with Crippen molar-refractivity contribution in [3.05, 3.63) is 28.0 Å². The van der Waals surface area contributed by atoms with Crippen molar-refractivity contribution in [2.45, 2.75) is 38.3 Å². The third-order valence-corrected chi connectivity index (χ3v) is 3.99. The van der Waals surface area contributed by atoms with E-state index in [0.717, 1.165) is 31.6 Å². The highest BCUT2D eigenvalue weighted by atomic mass is 35.5. The lowest BCUT2D eigenvalue weighted by Gasteiger charge is -2.24.